The monoisotopic (exact) mass is 409 g/mol. The molecule has 0 radical (unpaired) electrons. The quantitative estimate of drug-likeness (QED) is 0.783. The molecule has 146 valence electrons. The molecular weight excluding hydrogens is 386 g/mol. The standard InChI is InChI=1S/C18H23N3O4S2/c1-26(22,23)16-7-3-4-8-17(16)27(24,25)20-14-15-9-10-19-18(13-15)21-11-5-2-6-12-21/h3-4,7-10,13,20H,2,5-6,11-12,14H2,1H3. The minimum atomic E-state index is -3.97. The van der Waals surface area contributed by atoms with E-state index in [0.29, 0.717) is 0 Å². The molecule has 1 aromatic heterocycles. The highest BCUT2D eigenvalue weighted by atomic mass is 32.2. The number of nitrogens with one attached hydrogen (secondary N) is 1. The first kappa shape index (κ1) is 19.8. The maximum atomic E-state index is 12.7. The summed E-state index contributed by atoms with van der Waals surface area (Å²) in [7, 11) is -7.63. The summed E-state index contributed by atoms with van der Waals surface area (Å²) in [5, 5.41) is 0. The van der Waals surface area contributed by atoms with Crippen LogP contribution in [-0.2, 0) is 26.4 Å². The molecule has 7 nitrogen and oxygen atoms in total. The molecule has 0 amide bonds. The van der Waals surface area contributed by atoms with Crippen LogP contribution in [0.5, 0.6) is 0 Å². The number of anilines is 1. The Bertz CT molecular complexity index is 1010. The zero-order chi connectivity index (χ0) is 19.5. The van der Waals surface area contributed by atoms with Gasteiger partial charge in [-0.1, -0.05) is 12.1 Å². The van der Waals surface area contributed by atoms with Crippen molar-refractivity contribution in [3.63, 3.8) is 0 Å². The number of rotatable bonds is 6. The Labute approximate surface area is 160 Å². The van der Waals surface area contributed by atoms with Gasteiger partial charge in [0.25, 0.3) is 0 Å². The summed E-state index contributed by atoms with van der Waals surface area (Å²) in [5.41, 5.74) is 0.769. The second-order valence-corrected chi connectivity index (χ2v) is 10.3. The third kappa shape index (κ3) is 4.85. The summed E-state index contributed by atoms with van der Waals surface area (Å²) in [4.78, 5) is 6.13. The summed E-state index contributed by atoms with van der Waals surface area (Å²) in [5.74, 6) is 0.836. The third-order valence-electron chi connectivity index (χ3n) is 4.49. The first-order valence-corrected chi connectivity index (χ1v) is 12.1. The molecule has 0 unspecified atom stereocenters. The fourth-order valence-electron chi connectivity index (χ4n) is 3.10. The molecule has 0 saturated carbocycles. The molecule has 0 atom stereocenters. The van der Waals surface area contributed by atoms with Crippen molar-refractivity contribution in [2.24, 2.45) is 0 Å². The maximum Gasteiger partial charge on any atom is 0.242 e. The Morgan fingerprint density at radius 2 is 1.67 bits per heavy atom. The normalized spacial score (nSPS) is 15.7. The lowest BCUT2D eigenvalue weighted by molar-refractivity contribution is 0.571. The van der Waals surface area contributed by atoms with E-state index in [1.165, 1.54) is 30.7 Å². The number of sulfone groups is 1. The molecule has 2 heterocycles. The van der Waals surface area contributed by atoms with E-state index in [4.69, 9.17) is 0 Å². The molecule has 9 heteroatoms. The number of sulfonamides is 1. The number of benzene rings is 1. The van der Waals surface area contributed by atoms with Gasteiger partial charge in [-0.25, -0.2) is 26.5 Å². The van der Waals surface area contributed by atoms with Gasteiger partial charge >= 0.3 is 0 Å². The number of aromatic nitrogens is 1. The van der Waals surface area contributed by atoms with Crippen LogP contribution in [-0.4, -0.2) is 41.2 Å². The second kappa shape index (κ2) is 7.95. The Balaban J connectivity index is 1.79. The lowest BCUT2D eigenvalue weighted by Crippen LogP contribution is -2.30. The van der Waals surface area contributed by atoms with E-state index in [-0.39, 0.29) is 16.3 Å². The molecule has 1 saturated heterocycles. The van der Waals surface area contributed by atoms with E-state index in [9.17, 15) is 16.8 Å². The molecule has 0 bridgehead atoms. The summed E-state index contributed by atoms with van der Waals surface area (Å²) in [6, 6.07) is 9.22. The van der Waals surface area contributed by atoms with Crippen LogP contribution in [0.3, 0.4) is 0 Å². The summed E-state index contributed by atoms with van der Waals surface area (Å²) >= 11 is 0. The highest BCUT2D eigenvalue weighted by Gasteiger charge is 2.23. The molecule has 1 aromatic carbocycles. The van der Waals surface area contributed by atoms with Crippen molar-refractivity contribution in [2.45, 2.75) is 35.6 Å². The zero-order valence-electron chi connectivity index (χ0n) is 15.1. The first-order valence-electron chi connectivity index (χ1n) is 8.76. The SMILES string of the molecule is CS(=O)(=O)c1ccccc1S(=O)(=O)NCc1ccnc(N2CCCCC2)c1. The van der Waals surface area contributed by atoms with Gasteiger partial charge in [0, 0.05) is 32.1 Å². The molecule has 1 fully saturated rings. The summed E-state index contributed by atoms with van der Waals surface area (Å²) < 4.78 is 51.6. The van der Waals surface area contributed by atoms with Crippen LogP contribution in [0, 0.1) is 0 Å². The van der Waals surface area contributed by atoms with E-state index >= 15 is 0 Å². The van der Waals surface area contributed by atoms with Crippen molar-refractivity contribution in [3.8, 4) is 0 Å². The van der Waals surface area contributed by atoms with Gasteiger partial charge < -0.3 is 4.90 Å². The summed E-state index contributed by atoms with van der Waals surface area (Å²) in [6.45, 7) is 1.96. The molecule has 27 heavy (non-hydrogen) atoms. The van der Waals surface area contributed by atoms with Gasteiger partial charge in [-0.15, -0.1) is 0 Å². The van der Waals surface area contributed by atoms with Crippen LogP contribution >= 0.6 is 0 Å². The van der Waals surface area contributed by atoms with Gasteiger partial charge in [0.2, 0.25) is 10.0 Å². The number of hydrogen-bond acceptors (Lipinski definition) is 6. The molecule has 3 rings (SSSR count). The van der Waals surface area contributed by atoms with E-state index in [0.717, 1.165) is 43.6 Å². The Morgan fingerprint density at radius 3 is 2.33 bits per heavy atom. The predicted octanol–water partition coefficient (Wildman–Crippen LogP) is 1.95. The van der Waals surface area contributed by atoms with Crippen molar-refractivity contribution < 1.29 is 16.8 Å². The van der Waals surface area contributed by atoms with Crippen LogP contribution in [0.15, 0.2) is 52.4 Å². The van der Waals surface area contributed by atoms with Crippen molar-refractivity contribution in [1.82, 2.24) is 9.71 Å². The van der Waals surface area contributed by atoms with E-state index < -0.39 is 19.9 Å². The van der Waals surface area contributed by atoms with Crippen LogP contribution < -0.4 is 9.62 Å². The molecule has 1 aliphatic rings. The molecular formula is C18H23N3O4S2. The Morgan fingerprint density at radius 1 is 1.00 bits per heavy atom. The number of hydrogen-bond donors (Lipinski definition) is 1. The highest BCUT2D eigenvalue weighted by molar-refractivity contribution is 7.93. The fourth-order valence-corrected chi connectivity index (χ4v) is 5.75. The second-order valence-electron chi connectivity index (χ2n) is 6.61. The molecule has 0 aliphatic carbocycles. The van der Waals surface area contributed by atoms with Gasteiger partial charge in [-0.05, 0) is 49.1 Å². The van der Waals surface area contributed by atoms with Crippen molar-refractivity contribution in [3.05, 3.63) is 48.2 Å². The zero-order valence-corrected chi connectivity index (χ0v) is 16.8. The van der Waals surface area contributed by atoms with Gasteiger partial charge in [0.05, 0.1) is 4.90 Å². The molecule has 1 N–H and O–H groups in total. The molecule has 0 spiro atoms. The van der Waals surface area contributed by atoms with Gasteiger partial charge in [0.1, 0.15) is 10.7 Å². The molecule has 2 aromatic rings. The van der Waals surface area contributed by atoms with Crippen LogP contribution in [0.1, 0.15) is 24.8 Å². The van der Waals surface area contributed by atoms with Crippen molar-refractivity contribution >= 4 is 25.7 Å². The smallest absolute Gasteiger partial charge is 0.242 e. The van der Waals surface area contributed by atoms with Gasteiger partial charge in [0.15, 0.2) is 9.84 Å². The topological polar surface area (TPSA) is 96.4 Å². The average Bonchev–Trinajstić information content (AvgIpc) is 2.67. The largest absolute Gasteiger partial charge is 0.357 e. The average molecular weight is 410 g/mol. The van der Waals surface area contributed by atoms with Crippen molar-refractivity contribution in [1.29, 1.82) is 0 Å². The van der Waals surface area contributed by atoms with E-state index in [2.05, 4.69) is 14.6 Å². The predicted molar refractivity (Wildman–Crippen MR) is 104 cm³/mol. The number of piperidine rings is 1. The van der Waals surface area contributed by atoms with Crippen molar-refractivity contribution in [2.75, 3.05) is 24.2 Å². The van der Waals surface area contributed by atoms with Crippen LogP contribution in [0.4, 0.5) is 5.82 Å². The highest BCUT2D eigenvalue weighted by Crippen LogP contribution is 2.21. The Hall–Kier alpha value is -1.97. The minimum Gasteiger partial charge on any atom is -0.357 e. The fraction of sp³-hybridized carbons (Fsp3) is 0.389. The third-order valence-corrected chi connectivity index (χ3v) is 7.24. The van der Waals surface area contributed by atoms with Crippen LogP contribution in [0.2, 0.25) is 0 Å². The first-order chi connectivity index (χ1) is 12.8. The number of nitrogens with zero attached hydrogens (tertiary/aromatic N) is 2. The molecule has 1 aliphatic heterocycles. The van der Waals surface area contributed by atoms with Crippen LogP contribution in [0.25, 0.3) is 0 Å². The van der Waals surface area contributed by atoms with Gasteiger partial charge in [-0.3, -0.25) is 0 Å². The lowest BCUT2D eigenvalue weighted by atomic mass is 10.1. The lowest BCUT2D eigenvalue weighted by Gasteiger charge is -2.27. The maximum absolute atomic E-state index is 12.7. The Kier molecular flexibility index (Phi) is 5.83. The minimum absolute atomic E-state index is 0.0593. The van der Waals surface area contributed by atoms with E-state index in [1.54, 1.807) is 12.3 Å². The number of pyridine rings is 1. The van der Waals surface area contributed by atoms with Gasteiger partial charge in [-0.2, -0.15) is 0 Å². The summed E-state index contributed by atoms with van der Waals surface area (Å²) in [6.07, 6.45) is 6.13. The van der Waals surface area contributed by atoms with E-state index in [1.807, 2.05) is 6.07 Å².